The summed E-state index contributed by atoms with van der Waals surface area (Å²) in [7, 11) is 0. The highest BCUT2D eigenvalue weighted by Crippen LogP contribution is 2.22. The van der Waals surface area contributed by atoms with Crippen molar-refractivity contribution in [3.63, 3.8) is 0 Å². The molecule has 0 radical (unpaired) electrons. The smallest absolute Gasteiger partial charge is 0.340 e. The van der Waals surface area contributed by atoms with E-state index in [0.717, 1.165) is 12.1 Å². The molecule has 0 spiro atoms. The van der Waals surface area contributed by atoms with Crippen molar-refractivity contribution in [2.75, 3.05) is 6.61 Å². The molecule has 0 fully saturated rings. The van der Waals surface area contributed by atoms with Crippen molar-refractivity contribution < 1.29 is 18.7 Å². The molecule has 0 bridgehead atoms. The summed E-state index contributed by atoms with van der Waals surface area (Å²) in [5.74, 6) is -1.23. The van der Waals surface area contributed by atoms with Crippen molar-refractivity contribution >= 4 is 28.2 Å². The summed E-state index contributed by atoms with van der Waals surface area (Å²) < 4.78 is 17.9. The predicted molar refractivity (Wildman–Crippen MR) is 55.4 cm³/mol. The Morgan fingerprint density at radius 3 is 2.80 bits per heavy atom. The number of carbonyl (C=O) groups excluding carboxylic acids is 2. The van der Waals surface area contributed by atoms with Gasteiger partial charge in [0, 0.05) is 10.0 Å². The highest BCUT2D eigenvalue weighted by molar-refractivity contribution is 9.10. The standard InChI is InChI=1S/C10H8BrFO3/c1-2-15-10(14)9-6(5-13)3-7(12)4-8(9)11/h3-5H,2H2,1H3. The molecule has 1 aromatic carbocycles. The van der Waals surface area contributed by atoms with Crippen molar-refractivity contribution in [1.82, 2.24) is 0 Å². The van der Waals surface area contributed by atoms with E-state index in [9.17, 15) is 14.0 Å². The van der Waals surface area contributed by atoms with E-state index in [4.69, 9.17) is 4.74 Å². The third kappa shape index (κ3) is 2.62. The number of halogens is 2. The number of hydrogen-bond acceptors (Lipinski definition) is 3. The summed E-state index contributed by atoms with van der Waals surface area (Å²) in [6.07, 6.45) is 0.417. The average Bonchev–Trinajstić information content (AvgIpc) is 2.16. The zero-order valence-corrected chi connectivity index (χ0v) is 9.51. The van der Waals surface area contributed by atoms with Gasteiger partial charge in [0.15, 0.2) is 6.29 Å². The highest BCUT2D eigenvalue weighted by atomic mass is 79.9. The lowest BCUT2D eigenvalue weighted by atomic mass is 10.1. The van der Waals surface area contributed by atoms with Gasteiger partial charge in [-0.05, 0) is 35.0 Å². The Bertz CT molecular complexity index is 404. The zero-order chi connectivity index (χ0) is 11.4. The molecule has 0 aliphatic rings. The Morgan fingerprint density at radius 2 is 2.27 bits per heavy atom. The van der Waals surface area contributed by atoms with Gasteiger partial charge in [0.1, 0.15) is 5.82 Å². The second-order valence-electron chi connectivity index (χ2n) is 2.69. The Hall–Kier alpha value is -1.23. The van der Waals surface area contributed by atoms with Crippen LogP contribution in [0, 0.1) is 5.82 Å². The summed E-state index contributed by atoms with van der Waals surface area (Å²) in [5, 5.41) is 0. The number of hydrogen-bond donors (Lipinski definition) is 0. The average molecular weight is 275 g/mol. The van der Waals surface area contributed by atoms with Crippen molar-refractivity contribution in [2.45, 2.75) is 6.92 Å². The largest absolute Gasteiger partial charge is 0.462 e. The number of benzene rings is 1. The van der Waals surface area contributed by atoms with E-state index < -0.39 is 11.8 Å². The predicted octanol–water partition coefficient (Wildman–Crippen LogP) is 2.58. The van der Waals surface area contributed by atoms with Crippen LogP contribution >= 0.6 is 15.9 Å². The van der Waals surface area contributed by atoms with Gasteiger partial charge in [0.25, 0.3) is 0 Å². The number of ether oxygens (including phenoxy) is 1. The molecule has 80 valence electrons. The highest BCUT2D eigenvalue weighted by Gasteiger charge is 2.17. The summed E-state index contributed by atoms with van der Waals surface area (Å²) in [4.78, 5) is 22.1. The number of rotatable bonds is 3. The van der Waals surface area contributed by atoms with Gasteiger partial charge < -0.3 is 4.74 Å². The van der Waals surface area contributed by atoms with E-state index in [1.54, 1.807) is 6.92 Å². The van der Waals surface area contributed by atoms with E-state index in [1.165, 1.54) is 0 Å². The molecule has 1 aromatic rings. The topological polar surface area (TPSA) is 43.4 Å². The van der Waals surface area contributed by atoms with Gasteiger partial charge in [-0.25, -0.2) is 9.18 Å². The third-order valence-electron chi connectivity index (χ3n) is 1.69. The lowest BCUT2D eigenvalue weighted by molar-refractivity contribution is 0.0523. The minimum atomic E-state index is -0.647. The molecule has 0 aliphatic heterocycles. The van der Waals surface area contributed by atoms with Crippen molar-refractivity contribution in [3.05, 3.63) is 33.5 Å². The molecule has 0 saturated carbocycles. The minimum absolute atomic E-state index is 0.0275. The molecule has 15 heavy (non-hydrogen) atoms. The first kappa shape index (κ1) is 11.8. The summed E-state index contributed by atoms with van der Waals surface area (Å²) in [5.41, 5.74) is 0.0218. The monoisotopic (exact) mass is 274 g/mol. The number of esters is 1. The van der Waals surface area contributed by atoms with Crippen LogP contribution in [-0.4, -0.2) is 18.9 Å². The Morgan fingerprint density at radius 1 is 1.60 bits per heavy atom. The maximum absolute atomic E-state index is 12.9. The fraction of sp³-hybridized carbons (Fsp3) is 0.200. The van der Waals surface area contributed by atoms with Crippen LogP contribution < -0.4 is 0 Å². The second-order valence-corrected chi connectivity index (χ2v) is 3.54. The van der Waals surface area contributed by atoms with Gasteiger partial charge in [-0.1, -0.05) is 0 Å². The molecular weight excluding hydrogens is 267 g/mol. The van der Waals surface area contributed by atoms with E-state index in [0.29, 0.717) is 6.29 Å². The van der Waals surface area contributed by atoms with Gasteiger partial charge in [0.05, 0.1) is 12.2 Å². The zero-order valence-electron chi connectivity index (χ0n) is 7.92. The molecular formula is C10H8BrFO3. The molecule has 0 aromatic heterocycles. The van der Waals surface area contributed by atoms with Crippen LogP contribution in [0.4, 0.5) is 4.39 Å². The molecule has 0 unspecified atom stereocenters. The Kier molecular flexibility index (Phi) is 3.96. The molecule has 0 amide bonds. The van der Waals surface area contributed by atoms with Crippen molar-refractivity contribution in [2.24, 2.45) is 0 Å². The molecule has 0 saturated heterocycles. The second kappa shape index (κ2) is 5.02. The Labute approximate surface area is 94.4 Å². The van der Waals surface area contributed by atoms with Crippen LogP contribution in [0.25, 0.3) is 0 Å². The summed E-state index contributed by atoms with van der Waals surface area (Å²) in [6.45, 7) is 1.84. The first-order chi connectivity index (χ1) is 7.10. The van der Waals surface area contributed by atoms with Gasteiger partial charge in [0.2, 0.25) is 0 Å². The molecule has 0 heterocycles. The molecule has 0 atom stereocenters. The van der Waals surface area contributed by atoms with E-state index in [-0.39, 0.29) is 22.2 Å². The fourth-order valence-corrected chi connectivity index (χ4v) is 1.71. The minimum Gasteiger partial charge on any atom is -0.462 e. The van der Waals surface area contributed by atoms with Gasteiger partial charge in [-0.3, -0.25) is 4.79 Å². The summed E-state index contributed by atoms with van der Waals surface area (Å²) >= 11 is 3.01. The van der Waals surface area contributed by atoms with E-state index >= 15 is 0 Å². The SMILES string of the molecule is CCOC(=O)c1c(Br)cc(F)cc1C=O. The normalized spacial score (nSPS) is 9.80. The lowest BCUT2D eigenvalue weighted by Gasteiger charge is -2.06. The number of aldehydes is 1. The molecule has 3 nitrogen and oxygen atoms in total. The van der Waals surface area contributed by atoms with Gasteiger partial charge >= 0.3 is 5.97 Å². The molecule has 1 rings (SSSR count). The van der Waals surface area contributed by atoms with Crippen LogP contribution in [0.1, 0.15) is 27.6 Å². The quantitative estimate of drug-likeness (QED) is 0.629. The van der Waals surface area contributed by atoms with Crippen LogP contribution in [0.3, 0.4) is 0 Å². The number of carbonyl (C=O) groups is 2. The van der Waals surface area contributed by atoms with Gasteiger partial charge in [-0.2, -0.15) is 0 Å². The van der Waals surface area contributed by atoms with Crippen molar-refractivity contribution in [1.29, 1.82) is 0 Å². The Balaban J connectivity index is 3.26. The van der Waals surface area contributed by atoms with Crippen LogP contribution in [0.15, 0.2) is 16.6 Å². The third-order valence-corrected chi connectivity index (χ3v) is 2.32. The van der Waals surface area contributed by atoms with Crippen LogP contribution in [0.5, 0.6) is 0 Å². The lowest BCUT2D eigenvalue weighted by Crippen LogP contribution is -2.09. The molecule has 0 aliphatic carbocycles. The van der Waals surface area contributed by atoms with Crippen LogP contribution in [-0.2, 0) is 4.74 Å². The summed E-state index contributed by atoms with van der Waals surface area (Å²) in [6, 6.07) is 2.10. The van der Waals surface area contributed by atoms with Crippen LogP contribution in [0.2, 0.25) is 0 Å². The maximum Gasteiger partial charge on any atom is 0.340 e. The van der Waals surface area contributed by atoms with E-state index in [2.05, 4.69) is 15.9 Å². The van der Waals surface area contributed by atoms with E-state index in [1.807, 2.05) is 0 Å². The maximum atomic E-state index is 12.9. The first-order valence-corrected chi connectivity index (χ1v) is 5.00. The molecule has 0 N–H and O–H groups in total. The van der Waals surface area contributed by atoms with Crippen molar-refractivity contribution in [3.8, 4) is 0 Å². The molecule has 5 heteroatoms. The van der Waals surface area contributed by atoms with Gasteiger partial charge in [-0.15, -0.1) is 0 Å². The first-order valence-electron chi connectivity index (χ1n) is 4.21. The fourth-order valence-electron chi connectivity index (χ4n) is 1.11.